The fraction of sp³-hybridized carbons (Fsp3) is 0.875. The van der Waals surface area contributed by atoms with Gasteiger partial charge in [0, 0.05) is 5.25 Å². The van der Waals surface area contributed by atoms with E-state index >= 15 is 0 Å². The highest BCUT2D eigenvalue weighted by molar-refractivity contribution is 8.14. The minimum atomic E-state index is 0.667. The first kappa shape index (κ1) is 6.71. The maximum Gasteiger partial charge on any atom is 0.0662 e. The summed E-state index contributed by atoms with van der Waals surface area (Å²) in [6.45, 7) is 6.78. The van der Waals surface area contributed by atoms with Gasteiger partial charge in [-0.2, -0.15) is 0 Å². The minimum absolute atomic E-state index is 0.667. The van der Waals surface area contributed by atoms with E-state index in [1.807, 2.05) is 11.8 Å². The van der Waals surface area contributed by atoms with Gasteiger partial charge in [-0.25, -0.2) is 0 Å². The lowest BCUT2D eigenvalue weighted by molar-refractivity contribution is 0.192. The molecule has 0 radical (unpaired) electrons. The maximum absolute atomic E-state index is 4.57. The van der Waals surface area contributed by atoms with E-state index in [0.29, 0.717) is 6.04 Å². The van der Waals surface area contributed by atoms with Crippen molar-refractivity contribution < 1.29 is 0 Å². The fourth-order valence-electron chi connectivity index (χ4n) is 1.88. The van der Waals surface area contributed by atoms with Gasteiger partial charge in [0.25, 0.3) is 0 Å². The highest BCUT2D eigenvalue weighted by Crippen LogP contribution is 2.48. The van der Waals surface area contributed by atoms with Crippen LogP contribution in [0.15, 0.2) is 4.99 Å². The Bertz CT molecular complexity index is 188. The van der Waals surface area contributed by atoms with Crippen molar-refractivity contribution in [2.75, 3.05) is 0 Å². The van der Waals surface area contributed by atoms with E-state index in [2.05, 4.69) is 25.8 Å². The smallest absolute Gasteiger partial charge is 0.0662 e. The number of fused-ring (bicyclic) bond motifs is 1. The SMILES string of the molecule is CC1=NC2C(C)C(C)C2S1. The lowest BCUT2D eigenvalue weighted by atomic mass is 9.71. The summed E-state index contributed by atoms with van der Waals surface area (Å²) >= 11 is 1.98. The zero-order valence-electron chi connectivity index (χ0n) is 6.66. The number of thioether (sulfide) groups is 1. The molecule has 0 N–H and O–H groups in total. The summed E-state index contributed by atoms with van der Waals surface area (Å²) in [6.07, 6.45) is 0. The minimum Gasteiger partial charge on any atom is -0.278 e. The first-order valence-electron chi connectivity index (χ1n) is 3.91. The van der Waals surface area contributed by atoms with Crippen molar-refractivity contribution in [3.63, 3.8) is 0 Å². The van der Waals surface area contributed by atoms with Crippen LogP contribution < -0.4 is 0 Å². The summed E-state index contributed by atoms with van der Waals surface area (Å²) in [5, 5.41) is 2.13. The van der Waals surface area contributed by atoms with Gasteiger partial charge in [-0.3, -0.25) is 4.99 Å². The second-order valence-electron chi connectivity index (χ2n) is 3.44. The van der Waals surface area contributed by atoms with Gasteiger partial charge in [-0.05, 0) is 18.8 Å². The largest absolute Gasteiger partial charge is 0.278 e. The molecule has 2 rings (SSSR count). The number of nitrogens with zero attached hydrogens (tertiary/aromatic N) is 1. The van der Waals surface area contributed by atoms with Crippen molar-refractivity contribution in [2.24, 2.45) is 16.8 Å². The molecule has 0 aromatic heterocycles. The summed E-state index contributed by atoms with van der Waals surface area (Å²) in [7, 11) is 0. The second-order valence-corrected chi connectivity index (χ2v) is 4.81. The normalized spacial score (nSPS) is 51.7. The van der Waals surface area contributed by atoms with E-state index in [4.69, 9.17) is 0 Å². The molecule has 0 spiro atoms. The van der Waals surface area contributed by atoms with Gasteiger partial charge in [-0.15, -0.1) is 11.8 Å². The van der Waals surface area contributed by atoms with Gasteiger partial charge in [0.2, 0.25) is 0 Å². The Balaban J connectivity index is 2.13. The van der Waals surface area contributed by atoms with Crippen LogP contribution in [-0.4, -0.2) is 16.3 Å². The standard InChI is InChI=1S/C8H13NS/c1-4-5(2)8-7(4)9-6(3)10-8/h4-5,7-8H,1-3H3. The molecule has 2 heteroatoms. The number of hydrogen-bond acceptors (Lipinski definition) is 2. The molecule has 0 aromatic carbocycles. The van der Waals surface area contributed by atoms with Crippen molar-refractivity contribution in [2.45, 2.75) is 32.1 Å². The molecule has 1 aliphatic carbocycles. The Morgan fingerprint density at radius 1 is 1.30 bits per heavy atom. The molecule has 2 aliphatic rings. The zero-order chi connectivity index (χ0) is 7.30. The Morgan fingerprint density at radius 2 is 2.00 bits per heavy atom. The van der Waals surface area contributed by atoms with Gasteiger partial charge in [0.05, 0.1) is 11.1 Å². The van der Waals surface area contributed by atoms with Crippen molar-refractivity contribution in [1.82, 2.24) is 0 Å². The molecule has 1 aliphatic heterocycles. The molecule has 0 aromatic rings. The Kier molecular flexibility index (Phi) is 1.34. The van der Waals surface area contributed by atoms with Crippen LogP contribution in [0.1, 0.15) is 20.8 Å². The van der Waals surface area contributed by atoms with Crippen molar-refractivity contribution in [1.29, 1.82) is 0 Å². The second kappa shape index (κ2) is 2.00. The number of rotatable bonds is 0. The van der Waals surface area contributed by atoms with Crippen LogP contribution in [0.2, 0.25) is 0 Å². The van der Waals surface area contributed by atoms with E-state index in [9.17, 15) is 0 Å². The molecular formula is C8H13NS. The molecule has 0 saturated heterocycles. The molecule has 0 bridgehead atoms. The van der Waals surface area contributed by atoms with Crippen molar-refractivity contribution >= 4 is 16.8 Å². The van der Waals surface area contributed by atoms with Gasteiger partial charge >= 0.3 is 0 Å². The van der Waals surface area contributed by atoms with Crippen LogP contribution in [-0.2, 0) is 0 Å². The van der Waals surface area contributed by atoms with Crippen LogP contribution in [0.25, 0.3) is 0 Å². The number of hydrogen-bond donors (Lipinski definition) is 0. The quantitative estimate of drug-likeness (QED) is 0.522. The number of aliphatic imine (C=N–C) groups is 1. The summed E-state index contributed by atoms with van der Waals surface area (Å²) in [4.78, 5) is 4.57. The van der Waals surface area contributed by atoms with E-state index in [0.717, 1.165) is 17.1 Å². The first-order chi connectivity index (χ1) is 4.70. The van der Waals surface area contributed by atoms with Crippen LogP contribution in [0.3, 0.4) is 0 Å². The van der Waals surface area contributed by atoms with Crippen LogP contribution >= 0.6 is 11.8 Å². The summed E-state index contributed by atoms with van der Waals surface area (Å²) in [5.41, 5.74) is 0. The van der Waals surface area contributed by atoms with Gasteiger partial charge in [0.1, 0.15) is 0 Å². The third kappa shape index (κ3) is 0.685. The predicted molar refractivity (Wildman–Crippen MR) is 46.6 cm³/mol. The molecule has 1 fully saturated rings. The molecule has 4 atom stereocenters. The van der Waals surface area contributed by atoms with E-state index in [-0.39, 0.29) is 0 Å². The van der Waals surface area contributed by atoms with Crippen LogP contribution in [0.5, 0.6) is 0 Å². The average Bonchev–Trinajstić information content (AvgIpc) is 2.27. The summed E-state index contributed by atoms with van der Waals surface area (Å²) in [5.74, 6) is 1.71. The summed E-state index contributed by atoms with van der Waals surface area (Å²) in [6, 6.07) is 0.667. The monoisotopic (exact) mass is 155 g/mol. The van der Waals surface area contributed by atoms with Gasteiger partial charge in [0.15, 0.2) is 0 Å². The third-order valence-corrected chi connectivity index (χ3v) is 4.29. The lowest BCUT2D eigenvalue weighted by Crippen LogP contribution is -2.47. The maximum atomic E-state index is 4.57. The third-order valence-electron chi connectivity index (χ3n) is 2.86. The molecule has 1 nitrogen and oxygen atoms in total. The molecule has 1 saturated carbocycles. The molecule has 0 amide bonds. The molecular weight excluding hydrogens is 142 g/mol. The Morgan fingerprint density at radius 3 is 2.60 bits per heavy atom. The molecule has 1 heterocycles. The van der Waals surface area contributed by atoms with Crippen molar-refractivity contribution in [3.8, 4) is 0 Å². The Labute approximate surface area is 66.3 Å². The van der Waals surface area contributed by atoms with E-state index < -0.39 is 0 Å². The van der Waals surface area contributed by atoms with E-state index in [1.165, 1.54) is 5.04 Å². The zero-order valence-corrected chi connectivity index (χ0v) is 7.48. The van der Waals surface area contributed by atoms with Gasteiger partial charge in [-0.1, -0.05) is 13.8 Å². The molecule has 10 heavy (non-hydrogen) atoms. The lowest BCUT2D eigenvalue weighted by Gasteiger charge is -2.42. The predicted octanol–water partition coefficient (Wildman–Crippen LogP) is 2.17. The molecule has 56 valence electrons. The highest BCUT2D eigenvalue weighted by Gasteiger charge is 2.48. The van der Waals surface area contributed by atoms with Crippen molar-refractivity contribution in [3.05, 3.63) is 0 Å². The van der Waals surface area contributed by atoms with Crippen LogP contribution in [0.4, 0.5) is 0 Å². The topological polar surface area (TPSA) is 12.4 Å². The fourth-order valence-corrected chi connectivity index (χ4v) is 3.37. The Hall–Kier alpha value is 0.0200. The average molecular weight is 155 g/mol. The van der Waals surface area contributed by atoms with Crippen LogP contribution in [0, 0.1) is 11.8 Å². The molecule has 4 unspecified atom stereocenters. The van der Waals surface area contributed by atoms with E-state index in [1.54, 1.807) is 0 Å². The highest BCUT2D eigenvalue weighted by atomic mass is 32.2. The first-order valence-corrected chi connectivity index (χ1v) is 4.79. The van der Waals surface area contributed by atoms with Gasteiger partial charge < -0.3 is 0 Å². The summed E-state index contributed by atoms with van der Waals surface area (Å²) < 4.78 is 0.